The van der Waals surface area contributed by atoms with Crippen LogP contribution in [0.3, 0.4) is 0 Å². The zero-order chi connectivity index (χ0) is 8.53. The van der Waals surface area contributed by atoms with Crippen LogP contribution in [0.1, 0.15) is 19.8 Å². The molecule has 0 aliphatic rings. The van der Waals surface area contributed by atoms with Crippen molar-refractivity contribution in [3.8, 4) is 0 Å². The maximum atomic E-state index is 4.97. The average molecular weight is 224 g/mol. The van der Waals surface area contributed by atoms with Crippen molar-refractivity contribution in [2.75, 3.05) is 25.6 Å². The van der Waals surface area contributed by atoms with Crippen molar-refractivity contribution in [2.45, 2.75) is 25.8 Å². The molecule has 0 rings (SSSR count). The first kappa shape index (κ1) is 11.4. The molecule has 0 aromatic rings. The van der Waals surface area contributed by atoms with Crippen molar-refractivity contribution in [2.24, 2.45) is 0 Å². The third-order valence-corrected chi connectivity index (χ3v) is 2.12. The van der Waals surface area contributed by atoms with Gasteiger partial charge in [0, 0.05) is 25.1 Å². The standard InChI is InChI=1S/C8H18BrNO/c1-8(4-7-11-2)10-6-3-5-9/h8,10H,3-7H2,1-2H3. The molecule has 0 fully saturated rings. The fourth-order valence-corrected chi connectivity index (χ4v) is 1.09. The molecule has 3 heteroatoms. The molecular weight excluding hydrogens is 206 g/mol. The Morgan fingerprint density at radius 1 is 1.55 bits per heavy atom. The van der Waals surface area contributed by atoms with Crippen LogP contribution in [0.15, 0.2) is 0 Å². The Hall–Kier alpha value is 0.400. The van der Waals surface area contributed by atoms with Gasteiger partial charge in [0.25, 0.3) is 0 Å². The van der Waals surface area contributed by atoms with Crippen LogP contribution in [-0.2, 0) is 4.74 Å². The fourth-order valence-electron chi connectivity index (χ4n) is 0.812. The van der Waals surface area contributed by atoms with Crippen molar-refractivity contribution in [1.82, 2.24) is 5.32 Å². The summed E-state index contributed by atoms with van der Waals surface area (Å²) in [6.45, 7) is 4.13. The maximum Gasteiger partial charge on any atom is 0.0476 e. The number of hydrogen-bond acceptors (Lipinski definition) is 2. The highest BCUT2D eigenvalue weighted by atomic mass is 79.9. The van der Waals surface area contributed by atoms with Gasteiger partial charge in [0.1, 0.15) is 0 Å². The van der Waals surface area contributed by atoms with E-state index in [-0.39, 0.29) is 0 Å². The lowest BCUT2D eigenvalue weighted by Crippen LogP contribution is -2.28. The van der Waals surface area contributed by atoms with Gasteiger partial charge in [-0.05, 0) is 26.3 Å². The quantitative estimate of drug-likeness (QED) is 0.525. The molecule has 0 aliphatic heterocycles. The highest BCUT2D eigenvalue weighted by molar-refractivity contribution is 9.09. The monoisotopic (exact) mass is 223 g/mol. The van der Waals surface area contributed by atoms with Gasteiger partial charge in [0.05, 0.1) is 0 Å². The van der Waals surface area contributed by atoms with Gasteiger partial charge in [-0.3, -0.25) is 0 Å². The minimum Gasteiger partial charge on any atom is -0.385 e. The Bertz CT molecular complexity index is 80.5. The molecule has 1 unspecified atom stereocenters. The summed E-state index contributed by atoms with van der Waals surface area (Å²) in [5.74, 6) is 0. The average Bonchev–Trinajstić information content (AvgIpc) is 2.01. The third kappa shape index (κ3) is 8.30. The van der Waals surface area contributed by atoms with Crippen LogP contribution >= 0.6 is 15.9 Å². The lowest BCUT2D eigenvalue weighted by molar-refractivity contribution is 0.185. The van der Waals surface area contributed by atoms with E-state index in [2.05, 4.69) is 28.2 Å². The molecule has 68 valence electrons. The normalized spacial score (nSPS) is 13.4. The van der Waals surface area contributed by atoms with Gasteiger partial charge in [-0.15, -0.1) is 0 Å². The summed E-state index contributed by atoms with van der Waals surface area (Å²) in [6, 6.07) is 0.578. The Labute approximate surface area is 77.8 Å². The number of ether oxygens (including phenoxy) is 1. The Balaban J connectivity index is 3.02. The number of alkyl halides is 1. The van der Waals surface area contributed by atoms with E-state index >= 15 is 0 Å². The van der Waals surface area contributed by atoms with E-state index in [0.717, 1.165) is 24.9 Å². The molecule has 0 bridgehead atoms. The summed E-state index contributed by atoms with van der Waals surface area (Å²) in [7, 11) is 1.74. The molecule has 0 spiro atoms. The first-order valence-corrected chi connectivity index (χ1v) is 5.21. The lowest BCUT2D eigenvalue weighted by atomic mass is 10.2. The maximum absolute atomic E-state index is 4.97. The van der Waals surface area contributed by atoms with E-state index < -0.39 is 0 Å². The van der Waals surface area contributed by atoms with Crippen LogP contribution < -0.4 is 5.32 Å². The zero-order valence-corrected chi connectivity index (χ0v) is 8.99. The lowest BCUT2D eigenvalue weighted by Gasteiger charge is -2.11. The Morgan fingerprint density at radius 3 is 2.82 bits per heavy atom. The minimum atomic E-state index is 0.578. The summed E-state index contributed by atoms with van der Waals surface area (Å²) >= 11 is 3.39. The summed E-state index contributed by atoms with van der Waals surface area (Å²) in [5.41, 5.74) is 0. The summed E-state index contributed by atoms with van der Waals surface area (Å²) in [4.78, 5) is 0. The highest BCUT2D eigenvalue weighted by Crippen LogP contribution is 1.91. The molecule has 1 atom stereocenters. The second-order valence-electron chi connectivity index (χ2n) is 2.68. The van der Waals surface area contributed by atoms with Gasteiger partial charge in [-0.1, -0.05) is 15.9 Å². The van der Waals surface area contributed by atoms with Crippen LogP contribution in [-0.4, -0.2) is 31.6 Å². The molecule has 0 aromatic carbocycles. The van der Waals surface area contributed by atoms with Crippen LogP contribution in [0, 0.1) is 0 Å². The smallest absolute Gasteiger partial charge is 0.0476 e. The first-order chi connectivity index (χ1) is 5.31. The minimum absolute atomic E-state index is 0.578. The van der Waals surface area contributed by atoms with E-state index in [1.165, 1.54) is 6.42 Å². The Morgan fingerprint density at radius 2 is 2.27 bits per heavy atom. The SMILES string of the molecule is COCCC(C)NCCCBr. The molecule has 2 nitrogen and oxygen atoms in total. The third-order valence-electron chi connectivity index (χ3n) is 1.56. The molecule has 0 aliphatic carbocycles. The molecule has 0 amide bonds. The van der Waals surface area contributed by atoms with E-state index in [1.807, 2.05) is 0 Å². The first-order valence-electron chi connectivity index (χ1n) is 4.09. The van der Waals surface area contributed by atoms with E-state index in [0.29, 0.717) is 6.04 Å². The second kappa shape index (κ2) is 8.50. The van der Waals surface area contributed by atoms with Crippen molar-refractivity contribution in [3.05, 3.63) is 0 Å². The van der Waals surface area contributed by atoms with Gasteiger partial charge in [0.15, 0.2) is 0 Å². The van der Waals surface area contributed by atoms with Crippen LogP contribution in [0.5, 0.6) is 0 Å². The zero-order valence-electron chi connectivity index (χ0n) is 7.40. The molecular formula is C8H18BrNO. The van der Waals surface area contributed by atoms with Gasteiger partial charge in [-0.2, -0.15) is 0 Å². The molecule has 11 heavy (non-hydrogen) atoms. The fraction of sp³-hybridized carbons (Fsp3) is 1.00. The largest absolute Gasteiger partial charge is 0.385 e. The summed E-state index contributed by atoms with van der Waals surface area (Å²) in [6.07, 6.45) is 2.29. The van der Waals surface area contributed by atoms with Crippen molar-refractivity contribution in [1.29, 1.82) is 0 Å². The summed E-state index contributed by atoms with van der Waals surface area (Å²) < 4.78 is 4.97. The molecule has 0 radical (unpaired) electrons. The van der Waals surface area contributed by atoms with E-state index in [1.54, 1.807) is 7.11 Å². The molecule has 0 saturated heterocycles. The van der Waals surface area contributed by atoms with Gasteiger partial charge in [0.2, 0.25) is 0 Å². The van der Waals surface area contributed by atoms with Gasteiger partial charge in [-0.25, -0.2) is 0 Å². The number of hydrogen-bond donors (Lipinski definition) is 1. The van der Waals surface area contributed by atoms with Crippen molar-refractivity contribution < 1.29 is 4.74 Å². The Kier molecular flexibility index (Phi) is 8.81. The van der Waals surface area contributed by atoms with Gasteiger partial charge < -0.3 is 10.1 Å². The van der Waals surface area contributed by atoms with Crippen LogP contribution in [0.4, 0.5) is 0 Å². The second-order valence-corrected chi connectivity index (χ2v) is 3.47. The topological polar surface area (TPSA) is 21.3 Å². The summed E-state index contributed by atoms with van der Waals surface area (Å²) in [5, 5.41) is 4.49. The predicted molar refractivity (Wildman–Crippen MR) is 52.4 cm³/mol. The number of rotatable bonds is 7. The van der Waals surface area contributed by atoms with Crippen LogP contribution in [0.25, 0.3) is 0 Å². The van der Waals surface area contributed by atoms with E-state index in [4.69, 9.17) is 4.74 Å². The van der Waals surface area contributed by atoms with Crippen molar-refractivity contribution >= 4 is 15.9 Å². The molecule has 1 N–H and O–H groups in total. The number of methoxy groups -OCH3 is 1. The number of halogens is 1. The van der Waals surface area contributed by atoms with E-state index in [9.17, 15) is 0 Å². The molecule has 0 aromatic heterocycles. The van der Waals surface area contributed by atoms with Gasteiger partial charge >= 0.3 is 0 Å². The van der Waals surface area contributed by atoms with Crippen LogP contribution in [0.2, 0.25) is 0 Å². The molecule has 0 saturated carbocycles. The predicted octanol–water partition coefficient (Wildman–Crippen LogP) is 1.79. The highest BCUT2D eigenvalue weighted by Gasteiger charge is 1.98. The molecule has 0 heterocycles. The van der Waals surface area contributed by atoms with Crippen molar-refractivity contribution in [3.63, 3.8) is 0 Å². The number of nitrogens with one attached hydrogen (secondary N) is 1.